The Kier molecular flexibility index (Phi) is 6.17. The van der Waals surface area contributed by atoms with Crippen molar-refractivity contribution in [3.8, 4) is 11.8 Å². The lowest BCUT2D eigenvalue weighted by atomic mass is 10.1. The van der Waals surface area contributed by atoms with E-state index >= 15 is 0 Å². The SMILES string of the molecule is CC(C)CNCc1cccc(Br)c1OC(C)C#N. The van der Waals surface area contributed by atoms with Crippen molar-refractivity contribution in [3.63, 3.8) is 0 Å². The van der Waals surface area contributed by atoms with E-state index in [0.29, 0.717) is 5.92 Å². The van der Waals surface area contributed by atoms with Gasteiger partial charge in [0, 0.05) is 12.1 Å². The van der Waals surface area contributed by atoms with Gasteiger partial charge >= 0.3 is 0 Å². The van der Waals surface area contributed by atoms with Crippen molar-refractivity contribution in [3.05, 3.63) is 28.2 Å². The van der Waals surface area contributed by atoms with Crippen molar-refractivity contribution in [2.24, 2.45) is 5.92 Å². The number of hydrogen-bond acceptors (Lipinski definition) is 3. The third kappa shape index (κ3) is 4.67. The maximum Gasteiger partial charge on any atom is 0.181 e. The van der Waals surface area contributed by atoms with E-state index < -0.39 is 6.10 Å². The molecule has 18 heavy (non-hydrogen) atoms. The van der Waals surface area contributed by atoms with E-state index in [2.05, 4.69) is 41.2 Å². The predicted octanol–water partition coefficient (Wildman–Crippen LogP) is 3.49. The second-order valence-corrected chi connectivity index (χ2v) is 5.50. The first kappa shape index (κ1) is 15.0. The van der Waals surface area contributed by atoms with Crippen molar-refractivity contribution in [1.82, 2.24) is 5.32 Å². The van der Waals surface area contributed by atoms with Gasteiger partial charge in [0.05, 0.1) is 4.47 Å². The summed E-state index contributed by atoms with van der Waals surface area (Å²) in [7, 11) is 0. The number of nitriles is 1. The molecule has 0 radical (unpaired) electrons. The molecule has 1 aromatic carbocycles. The standard InChI is InChI=1S/C14H19BrN2O/c1-10(2)8-17-9-12-5-4-6-13(15)14(12)18-11(3)7-16/h4-6,10-11,17H,8-9H2,1-3H3. The smallest absolute Gasteiger partial charge is 0.181 e. The van der Waals surface area contributed by atoms with Gasteiger partial charge < -0.3 is 10.1 Å². The molecule has 0 saturated carbocycles. The van der Waals surface area contributed by atoms with Crippen LogP contribution in [0, 0.1) is 17.2 Å². The molecule has 0 aliphatic rings. The molecule has 4 heteroatoms. The number of rotatable bonds is 6. The minimum atomic E-state index is -0.451. The molecule has 0 fully saturated rings. The van der Waals surface area contributed by atoms with Gasteiger partial charge in [0.2, 0.25) is 0 Å². The van der Waals surface area contributed by atoms with E-state index in [1.54, 1.807) is 6.92 Å². The predicted molar refractivity (Wildman–Crippen MR) is 76.4 cm³/mol. The summed E-state index contributed by atoms with van der Waals surface area (Å²) in [4.78, 5) is 0. The topological polar surface area (TPSA) is 45.0 Å². The van der Waals surface area contributed by atoms with Crippen molar-refractivity contribution in [2.45, 2.75) is 33.4 Å². The van der Waals surface area contributed by atoms with E-state index in [1.807, 2.05) is 18.2 Å². The molecule has 0 amide bonds. The van der Waals surface area contributed by atoms with Gasteiger partial charge in [-0.25, -0.2) is 0 Å². The Morgan fingerprint density at radius 3 is 2.72 bits per heavy atom. The van der Waals surface area contributed by atoms with Crippen LogP contribution in [0.4, 0.5) is 0 Å². The molecule has 0 heterocycles. The van der Waals surface area contributed by atoms with Crippen LogP contribution in [0.5, 0.6) is 5.75 Å². The first-order chi connectivity index (χ1) is 8.54. The molecule has 0 saturated heterocycles. The average Bonchev–Trinajstić information content (AvgIpc) is 2.32. The maximum atomic E-state index is 8.82. The maximum absolute atomic E-state index is 8.82. The van der Waals surface area contributed by atoms with Crippen LogP contribution in [-0.2, 0) is 6.54 Å². The summed E-state index contributed by atoms with van der Waals surface area (Å²) in [6.45, 7) is 7.78. The quantitative estimate of drug-likeness (QED) is 0.875. The summed E-state index contributed by atoms with van der Waals surface area (Å²) in [6.07, 6.45) is -0.451. The van der Waals surface area contributed by atoms with Gasteiger partial charge in [-0.1, -0.05) is 26.0 Å². The lowest BCUT2D eigenvalue weighted by Gasteiger charge is -2.15. The summed E-state index contributed by atoms with van der Waals surface area (Å²) in [6, 6.07) is 7.98. The Morgan fingerprint density at radius 2 is 2.11 bits per heavy atom. The van der Waals surface area contributed by atoms with Crippen LogP contribution in [-0.4, -0.2) is 12.6 Å². The fourth-order valence-electron chi connectivity index (χ4n) is 1.52. The first-order valence-corrected chi connectivity index (χ1v) is 6.88. The molecule has 1 rings (SSSR count). The van der Waals surface area contributed by atoms with Crippen molar-refractivity contribution < 1.29 is 4.74 Å². The molecule has 0 aliphatic heterocycles. The monoisotopic (exact) mass is 310 g/mol. The number of nitrogens with one attached hydrogen (secondary N) is 1. The van der Waals surface area contributed by atoms with Crippen molar-refractivity contribution in [2.75, 3.05) is 6.54 Å². The molecule has 3 nitrogen and oxygen atoms in total. The van der Waals surface area contributed by atoms with Gasteiger partial charge in [0.1, 0.15) is 11.8 Å². The van der Waals surface area contributed by atoms with Gasteiger partial charge in [0.15, 0.2) is 6.10 Å². The number of nitrogens with zero attached hydrogens (tertiary/aromatic N) is 1. The fourth-order valence-corrected chi connectivity index (χ4v) is 2.02. The summed E-state index contributed by atoms with van der Waals surface area (Å²) < 4.78 is 6.52. The van der Waals surface area contributed by atoms with Gasteiger partial charge in [-0.15, -0.1) is 0 Å². The number of benzene rings is 1. The van der Waals surface area contributed by atoms with E-state index in [-0.39, 0.29) is 0 Å². The molecule has 1 unspecified atom stereocenters. The van der Waals surface area contributed by atoms with Crippen LogP contribution in [0.25, 0.3) is 0 Å². The van der Waals surface area contributed by atoms with Gasteiger partial charge in [-0.2, -0.15) is 5.26 Å². The number of para-hydroxylation sites is 1. The summed E-state index contributed by atoms with van der Waals surface area (Å²) in [5, 5.41) is 12.2. The highest BCUT2D eigenvalue weighted by molar-refractivity contribution is 9.10. The molecule has 0 bridgehead atoms. The highest BCUT2D eigenvalue weighted by Crippen LogP contribution is 2.29. The van der Waals surface area contributed by atoms with Crippen LogP contribution in [0.15, 0.2) is 22.7 Å². The Balaban J connectivity index is 2.77. The van der Waals surface area contributed by atoms with Crippen molar-refractivity contribution in [1.29, 1.82) is 5.26 Å². The molecule has 0 aromatic heterocycles. The zero-order chi connectivity index (χ0) is 13.5. The molecular weight excluding hydrogens is 292 g/mol. The molecule has 1 atom stereocenters. The normalized spacial score (nSPS) is 12.2. The van der Waals surface area contributed by atoms with Crippen LogP contribution >= 0.6 is 15.9 Å². The van der Waals surface area contributed by atoms with Gasteiger partial charge in [-0.3, -0.25) is 0 Å². The zero-order valence-corrected chi connectivity index (χ0v) is 12.6. The molecular formula is C14H19BrN2O. The number of ether oxygens (including phenoxy) is 1. The number of hydrogen-bond donors (Lipinski definition) is 1. The third-order valence-electron chi connectivity index (χ3n) is 2.39. The average molecular weight is 311 g/mol. The Bertz CT molecular complexity index is 426. The highest BCUT2D eigenvalue weighted by Gasteiger charge is 2.11. The fraction of sp³-hybridized carbons (Fsp3) is 0.500. The molecule has 0 spiro atoms. The lowest BCUT2D eigenvalue weighted by molar-refractivity contribution is 0.271. The van der Waals surface area contributed by atoms with Gasteiger partial charge in [0.25, 0.3) is 0 Å². The number of halogens is 1. The summed E-state index contributed by atoms with van der Waals surface area (Å²) in [5.41, 5.74) is 1.06. The van der Waals surface area contributed by atoms with E-state index in [4.69, 9.17) is 10.00 Å². The van der Waals surface area contributed by atoms with E-state index in [0.717, 1.165) is 28.9 Å². The molecule has 1 N–H and O–H groups in total. The Hall–Kier alpha value is -1.05. The molecule has 0 aliphatic carbocycles. The lowest BCUT2D eigenvalue weighted by Crippen LogP contribution is -2.20. The zero-order valence-electron chi connectivity index (χ0n) is 11.0. The summed E-state index contributed by atoms with van der Waals surface area (Å²) >= 11 is 3.46. The third-order valence-corrected chi connectivity index (χ3v) is 3.02. The van der Waals surface area contributed by atoms with Crippen LogP contribution in [0.1, 0.15) is 26.3 Å². The van der Waals surface area contributed by atoms with Crippen LogP contribution in [0.2, 0.25) is 0 Å². The second kappa shape index (κ2) is 7.40. The molecule has 98 valence electrons. The minimum absolute atomic E-state index is 0.451. The van der Waals surface area contributed by atoms with Crippen LogP contribution < -0.4 is 10.1 Å². The highest BCUT2D eigenvalue weighted by atomic mass is 79.9. The largest absolute Gasteiger partial charge is 0.474 e. The minimum Gasteiger partial charge on any atom is -0.474 e. The van der Waals surface area contributed by atoms with E-state index in [1.165, 1.54) is 0 Å². The van der Waals surface area contributed by atoms with Crippen molar-refractivity contribution >= 4 is 15.9 Å². The second-order valence-electron chi connectivity index (χ2n) is 4.64. The summed E-state index contributed by atoms with van der Waals surface area (Å²) in [5.74, 6) is 1.36. The molecule has 1 aromatic rings. The van der Waals surface area contributed by atoms with E-state index in [9.17, 15) is 0 Å². The Morgan fingerprint density at radius 1 is 1.39 bits per heavy atom. The van der Waals surface area contributed by atoms with Gasteiger partial charge in [-0.05, 0) is 41.4 Å². The van der Waals surface area contributed by atoms with Crippen LogP contribution in [0.3, 0.4) is 0 Å². The Labute approximate surface area is 117 Å². The first-order valence-electron chi connectivity index (χ1n) is 6.09.